The highest BCUT2D eigenvalue weighted by molar-refractivity contribution is 7.26. The van der Waals surface area contributed by atoms with Crippen molar-refractivity contribution in [3.63, 3.8) is 0 Å². The van der Waals surface area contributed by atoms with Crippen molar-refractivity contribution >= 4 is 59.3 Å². The van der Waals surface area contributed by atoms with E-state index in [4.69, 9.17) is 0 Å². The monoisotopic (exact) mass is 629 g/mol. The topological polar surface area (TPSA) is 3.24 Å². The second-order valence-corrected chi connectivity index (χ2v) is 13.2. The predicted molar refractivity (Wildman–Crippen MR) is 208 cm³/mol. The van der Waals surface area contributed by atoms with E-state index in [0.717, 1.165) is 11.4 Å². The number of nitrogens with zero attached hydrogens (tertiary/aromatic N) is 1. The largest absolute Gasteiger partial charge is 0.308 e. The van der Waals surface area contributed by atoms with Crippen LogP contribution in [0.3, 0.4) is 0 Å². The SMILES string of the molecule is c1ccc(-c2ccc(-c3ccccc3N(c3cccc(-c4cccc5ccccc45)c3)c3cccc4c3sc3ccccc34)cc2)cc1. The van der Waals surface area contributed by atoms with E-state index >= 15 is 0 Å². The van der Waals surface area contributed by atoms with Gasteiger partial charge in [0, 0.05) is 26.7 Å². The van der Waals surface area contributed by atoms with Gasteiger partial charge in [-0.05, 0) is 68.9 Å². The summed E-state index contributed by atoms with van der Waals surface area (Å²) in [7, 11) is 0. The molecule has 0 aliphatic heterocycles. The predicted octanol–water partition coefficient (Wildman–Crippen LogP) is 13.7. The maximum atomic E-state index is 2.47. The van der Waals surface area contributed by atoms with E-state index in [1.54, 1.807) is 0 Å². The number of thiophene rings is 1. The van der Waals surface area contributed by atoms with Crippen LogP contribution in [0.25, 0.3) is 64.3 Å². The van der Waals surface area contributed by atoms with Crippen LogP contribution >= 0.6 is 11.3 Å². The first-order chi connectivity index (χ1) is 23.8. The maximum absolute atomic E-state index is 2.47. The summed E-state index contributed by atoms with van der Waals surface area (Å²) in [6.45, 7) is 0. The van der Waals surface area contributed by atoms with Gasteiger partial charge >= 0.3 is 0 Å². The summed E-state index contributed by atoms with van der Waals surface area (Å²) in [5.74, 6) is 0. The molecule has 1 aromatic heterocycles. The molecule has 9 rings (SSSR count). The molecule has 0 amide bonds. The summed E-state index contributed by atoms with van der Waals surface area (Å²) in [5, 5.41) is 5.09. The van der Waals surface area contributed by atoms with E-state index in [9.17, 15) is 0 Å². The molecule has 0 saturated carbocycles. The van der Waals surface area contributed by atoms with E-state index in [1.165, 1.54) is 70.0 Å². The highest BCUT2D eigenvalue weighted by Gasteiger charge is 2.21. The average molecular weight is 630 g/mol. The highest BCUT2D eigenvalue weighted by Crippen LogP contribution is 2.47. The van der Waals surface area contributed by atoms with Crippen LogP contribution < -0.4 is 4.90 Å². The van der Waals surface area contributed by atoms with Gasteiger partial charge < -0.3 is 4.90 Å². The number of hydrogen-bond donors (Lipinski definition) is 0. The van der Waals surface area contributed by atoms with Crippen LogP contribution in [-0.4, -0.2) is 0 Å². The molecule has 0 spiro atoms. The molecule has 0 bridgehead atoms. The lowest BCUT2D eigenvalue weighted by molar-refractivity contribution is 1.30. The number of anilines is 3. The van der Waals surface area contributed by atoms with E-state index in [-0.39, 0.29) is 0 Å². The zero-order valence-corrected chi connectivity index (χ0v) is 27.1. The Labute approximate surface area is 284 Å². The molecule has 1 heterocycles. The molecule has 0 N–H and O–H groups in total. The molecule has 8 aromatic carbocycles. The quantitative estimate of drug-likeness (QED) is 0.177. The molecule has 2 heteroatoms. The summed E-state index contributed by atoms with van der Waals surface area (Å²) in [4.78, 5) is 2.47. The third-order valence-corrected chi connectivity index (χ3v) is 10.5. The first-order valence-corrected chi connectivity index (χ1v) is 17.2. The normalized spacial score (nSPS) is 11.3. The Hall–Kier alpha value is -5.96. The zero-order valence-electron chi connectivity index (χ0n) is 26.3. The Morgan fingerprint density at radius 2 is 0.938 bits per heavy atom. The summed E-state index contributed by atoms with van der Waals surface area (Å²) in [5.41, 5.74) is 10.7. The molecular formula is C46H31NS. The van der Waals surface area contributed by atoms with Crippen LogP contribution in [0.2, 0.25) is 0 Å². The molecule has 0 atom stereocenters. The highest BCUT2D eigenvalue weighted by atomic mass is 32.1. The standard InChI is InChI=1S/C46H31NS/c1-2-13-32(14-3-1)33-27-29-35(30-28-33)40-20-6-8-24-43(40)47(44-25-12-23-42-41-21-7-9-26-45(41)48-46(42)44)37-18-10-17-36(31-37)39-22-11-16-34-15-4-5-19-38(34)39/h1-31H. The van der Waals surface area contributed by atoms with Crippen molar-refractivity contribution in [1.29, 1.82) is 0 Å². The molecule has 0 aliphatic carbocycles. The first-order valence-electron chi connectivity index (χ1n) is 16.4. The van der Waals surface area contributed by atoms with Gasteiger partial charge in [-0.1, -0.05) is 158 Å². The molecule has 0 radical (unpaired) electrons. The van der Waals surface area contributed by atoms with E-state index in [0.29, 0.717) is 0 Å². The van der Waals surface area contributed by atoms with Crippen molar-refractivity contribution < 1.29 is 0 Å². The van der Waals surface area contributed by atoms with Gasteiger partial charge in [0.25, 0.3) is 0 Å². The summed E-state index contributed by atoms with van der Waals surface area (Å²) in [6.07, 6.45) is 0. The van der Waals surface area contributed by atoms with Crippen molar-refractivity contribution in [1.82, 2.24) is 0 Å². The van der Waals surface area contributed by atoms with Crippen molar-refractivity contribution in [3.8, 4) is 33.4 Å². The minimum atomic E-state index is 1.12. The van der Waals surface area contributed by atoms with Crippen molar-refractivity contribution in [2.24, 2.45) is 0 Å². The third-order valence-electron chi connectivity index (χ3n) is 9.28. The Bertz CT molecular complexity index is 2560. The molecule has 0 fully saturated rings. The average Bonchev–Trinajstić information content (AvgIpc) is 3.55. The minimum Gasteiger partial charge on any atom is -0.308 e. The van der Waals surface area contributed by atoms with Gasteiger partial charge in [-0.3, -0.25) is 0 Å². The Kier molecular flexibility index (Phi) is 7.07. The molecule has 1 nitrogen and oxygen atoms in total. The van der Waals surface area contributed by atoms with Crippen LogP contribution in [0.1, 0.15) is 0 Å². The summed E-state index contributed by atoms with van der Waals surface area (Å²) >= 11 is 1.87. The van der Waals surface area contributed by atoms with E-state index in [1.807, 2.05) is 11.3 Å². The molecule has 48 heavy (non-hydrogen) atoms. The van der Waals surface area contributed by atoms with Crippen LogP contribution in [0.15, 0.2) is 188 Å². The van der Waals surface area contributed by atoms with Crippen LogP contribution in [0.5, 0.6) is 0 Å². The fraction of sp³-hybridized carbons (Fsp3) is 0. The van der Waals surface area contributed by atoms with Crippen LogP contribution in [0, 0.1) is 0 Å². The zero-order chi connectivity index (χ0) is 31.9. The summed E-state index contributed by atoms with van der Waals surface area (Å²) < 4.78 is 2.58. The molecule has 226 valence electrons. The Morgan fingerprint density at radius 1 is 0.354 bits per heavy atom. The first kappa shape index (κ1) is 28.3. The van der Waals surface area contributed by atoms with Gasteiger partial charge in [-0.2, -0.15) is 0 Å². The smallest absolute Gasteiger partial charge is 0.0640 e. The molecule has 0 unspecified atom stereocenters. The van der Waals surface area contributed by atoms with Gasteiger partial charge in [-0.25, -0.2) is 0 Å². The van der Waals surface area contributed by atoms with Gasteiger partial charge in [0.05, 0.1) is 16.1 Å². The molecule has 0 aliphatic rings. The van der Waals surface area contributed by atoms with Gasteiger partial charge in [-0.15, -0.1) is 11.3 Å². The lowest BCUT2D eigenvalue weighted by Crippen LogP contribution is -2.11. The van der Waals surface area contributed by atoms with Crippen molar-refractivity contribution in [3.05, 3.63) is 188 Å². The second-order valence-electron chi connectivity index (χ2n) is 12.1. The van der Waals surface area contributed by atoms with E-state index < -0.39 is 0 Å². The number of benzene rings is 8. The molecule has 0 saturated heterocycles. The van der Waals surface area contributed by atoms with Crippen LogP contribution in [-0.2, 0) is 0 Å². The minimum absolute atomic E-state index is 1.12. The lowest BCUT2D eigenvalue weighted by atomic mass is 9.96. The second kappa shape index (κ2) is 12.0. The number of fused-ring (bicyclic) bond motifs is 4. The van der Waals surface area contributed by atoms with Gasteiger partial charge in [0.15, 0.2) is 0 Å². The van der Waals surface area contributed by atoms with Crippen molar-refractivity contribution in [2.75, 3.05) is 4.90 Å². The Morgan fingerprint density at radius 3 is 1.83 bits per heavy atom. The van der Waals surface area contributed by atoms with Gasteiger partial charge in [0.1, 0.15) is 0 Å². The molecule has 9 aromatic rings. The van der Waals surface area contributed by atoms with Crippen LogP contribution in [0.4, 0.5) is 17.1 Å². The van der Waals surface area contributed by atoms with E-state index in [2.05, 4.69) is 193 Å². The fourth-order valence-corrected chi connectivity index (χ4v) is 8.20. The summed E-state index contributed by atoms with van der Waals surface area (Å²) in [6, 6.07) is 68.1. The third kappa shape index (κ3) is 4.95. The fourth-order valence-electron chi connectivity index (χ4n) is 6.99. The number of para-hydroxylation sites is 1. The van der Waals surface area contributed by atoms with Crippen molar-refractivity contribution in [2.45, 2.75) is 0 Å². The molecular weight excluding hydrogens is 599 g/mol. The number of hydrogen-bond acceptors (Lipinski definition) is 2. The van der Waals surface area contributed by atoms with Gasteiger partial charge in [0.2, 0.25) is 0 Å². The maximum Gasteiger partial charge on any atom is 0.0640 e. The number of rotatable bonds is 6. The lowest BCUT2D eigenvalue weighted by Gasteiger charge is -2.29. The Balaban J connectivity index is 1.26.